The van der Waals surface area contributed by atoms with Crippen molar-refractivity contribution in [2.45, 2.75) is 20.2 Å². The van der Waals surface area contributed by atoms with Gasteiger partial charge in [0.05, 0.1) is 11.4 Å². The molecule has 0 aliphatic heterocycles. The highest BCUT2D eigenvalue weighted by Gasteiger charge is 2.31. The van der Waals surface area contributed by atoms with E-state index in [1.54, 1.807) is 19.9 Å². The lowest BCUT2D eigenvalue weighted by Crippen LogP contribution is -2.17. The van der Waals surface area contributed by atoms with Gasteiger partial charge in [0.1, 0.15) is 11.4 Å². The number of rotatable bonds is 2. The van der Waals surface area contributed by atoms with E-state index in [-0.39, 0.29) is 10.9 Å². The quantitative estimate of drug-likeness (QED) is 0.829. The Hall–Kier alpha value is -1.82. The summed E-state index contributed by atoms with van der Waals surface area (Å²) < 4.78 is 40.5. The van der Waals surface area contributed by atoms with E-state index in [0.29, 0.717) is 22.6 Å². The van der Waals surface area contributed by atoms with E-state index in [1.165, 1.54) is 18.2 Å². The molecule has 1 aromatic heterocycles. The summed E-state index contributed by atoms with van der Waals surface area (Å²) in [5.41, 5.74) is 2.06. The molecule has 1 aromatic carbocycles. The minimum absolute atomic E-state index is 0.136. The number of hydrogen-bond donors (Lipinski definition) is 0. The van der Waals surface area contributed by atoms with Crippen LogP contribution in [0.3, 0.4) is 0 Å². The Morgan fingerprint density at radius 2 is 1.75 bits per heavy atom. The molecule has 106 valence electrons. The summed E-state index contributed by atoms with van der Waals surface area (Å²) >= 11 is 5.98. The minimum Gasteiger partial charge on any atom is -0.406 e. The van der Waals surface area contributed by atoms with Crippen molar-refractivity contribution in [1.82, 2.24) is 9.97 Å². The molecule has 0 unspecified atom stereocenters. The summed E-state index contributed by atoms with van der Waals surface area (Å²) in [4.78, 5) is 8.34. The Bertz CT molecular complexity index is 644. The van der Waals surface area contributed by atoms with Gasteiger partial charge in [-0.1, -0.05) is 23.7 Å². The first-order valence-corrected chi connectivity index (χ1v) is 6.01. The lowest BCUT2D eigenvalue weighted by Gasteiger charge is -2.11. The highest BCUT2D eigenvalue weighted by atomic mass is 35.5. The number of halogens is 4. The van der Waals surface area contributed by atoms with Crippen molar-refractivity contribution in [3.63, 3.8) is 0 Å². The topological polar surface area (TPSA) is 35.0 Å². The van der Waals surface area contributed by atoms with Gasteiger partial charge in [-0.15, -0.1) is 13.2 Å². The summed E-state index contributed by atoms with van der Waals surface area (Å²) in [6.45, 7) is 3.50. The number of aromatic nitrogens is 2. The molecule has 0 N–H and O–H groups in total. The van der Waals surface area contributed by atoms with Crippen molar-refractivity contribution in [3.8, 4) is 17.0 Å². The van der Waals surface area contributed by atoms with Crippen LogP contribution in [-0.4, -0.2) is 16.3 Å². The minimum atomic E-state index is -4.74. The van der Waals surface area contributed by atoms with E-state index in [4.69, 9.17) is 11.6 Å². The lowest BCUT2D eigenvalue weighted by molar-refractivity contribution is -0.274. The number of aryl methyl sites for hydroxylation is 2. The zero-order chi connectivity index (χ0) is 14.9. The van der Waals surface area contributed by atoms with Crippen LogP contribution in [0.25, 0.3) is 11.3 Å². The van der Waals surface area contributed by atoms with Crippen LogP contribution in [0.5, 0.6) is 5.75 Å². The predicted octanol–water partition coefficient (Wildman–Crippen LogP) is 4.31. The molecular weight excluding hydrogens is 293 g/mol. The van der Waals surface area contributed by atoms with Crippen LogP contribution >= 0.6 is 11.6 Å². The standard InChI is InChI=1S/C13H10ClF3N2O/c1-7-8(2)19-12(14)11(18-7)9-4-3-5-10(6-9)20-13(15,16)17/h3-6H,1-2H3. The van der Waals surface area contributed by atoms with Gasteiger partial charge in [0.25, 0.3) is 0 Å². The third-order valence-corrected chi connectivity index (χ3v) is 2.87. The first-order chi connectivity index (χ1) is 9.26. The van der Waals surface area contributed by atoms with Crippen LogP contribution in [0.1, 0.15) is 11.4 Å². The maximum absolute atomic E-state index is 12.2. The average molecular weight is 303 g/mol. The van der Waals surface area contributed by atoms with Crippen molar-refractivity contribution >= 4 is 11.6 Å². The van der Waals surface area contributed by atoms with Gasteiger partial charge in [0, 0.05) is 5.56 Å². The van der Waals surface area contributed by atoms with Crippen LogP contribution in [0.2, 0.25) is 5.15 Å². The monoisotopic (exact) mass is 302 g/mol. The number of ether oxygens (including phenoxy) is 1. The van der Waals surface area contributed by atoms with E-state index in [2.05, 4.69) is 14.7 Å². The third-order valence-electron chi connectivity index (χ3n) is 2.61. The summed E-state index contributed by atoms with van der Waals surface area (Å²) in [7, 11) is 0. The summed E-state index contributed by atoms with van der Waals surface area (Å²) in [6.07, 6.45) is -4.74. The molecule has 0 amide bonds. The van der Waals surface area contributed by atoms with Crippen LogP contribution in [0.4, 0.5) is 13.2 Å². The highest BCUT2D eigenvalue weighted by Crippen LogP contribution is 2.30. The fourth-order valence-electron chi connectivity index (χ4n) is 1.60. The average Bonchev–Trinajstić information content (AvgIpc) is 2.32. The predicted molar refractivity (Wildman–Crippen MR) is 68.6 cm³/mol. The van der Waals surface area contributed by atoms with Crippen molar-refractivity contribution in [2.24, 2.45) is 0 Å². The van der Waals surface area contributed by atoms with Crippen LogP contribution in [-0.2, 0) is 0 Å². The van der Waals surface area contributed by atoms with E-state index >= 15 is 0 Å². The van der Waals surface area contributed by atoms with Gasteiger partial charge >= 0.3 is 6.36 Å². The third kappa shape index (κ3) is 3.39. The van der Waals surface area contributed by atoms with Gasteiger partial charge in [-0.25, -0.2) is 9.97 Å². The second-order valence-electron chi connectivity index (χ2n) is 4.11. The number of hydrogen-bond acceptors (Lipinski definition) is 3. The van der Waals surface area contributed by atoms with E-state index in [0.717, 1.165) is 0 Å². The Balaban J connectivity index is 2.44. The second kappa shape index (κ2) is 5.28. The molecule has 3 nitrogen and oxygen atoms in total. The van der Waals surface area contributed by atoms with Gasteiger partial charge in [-0.3, -0.25) is 0 Å². The molecule has 0 atom stereocenters. The molecule has 2 aromatic rings. The number of alkyl halides is 3. The van der Waals surface area contributed by atoms with Gasteiger partial charge in [0.2, 0.25) is 0 Å². The van der Waals surface area contributed by atoms with Gasteiger partial charge < -0.3 is 4.74 Å². The van der Waals surface area contributed by atoms with Crippen LogP contribution in [0, 0.1) is 13.8 Å². The first kappa shape index (κ1) is 14.6. The molecule has 0 saturated heterocycles. The largest absolute Gasteiger partial charge is 0.573 e. The Kier molecular flexibility index (Phi) is 3.85. The SMILES string of the molecule is Cc1nc(Cl)c(-c2cccc(OC(F)(F)F)c2)nc1C. The number of nitrogens with zero attached hydrogens (tertiary/aromatic N) is 2. The Labute approximate surface area is 118 Å². The van der Waals surface area contributed by atoms with Gasteiger partial charge in [-0.05, 0) is 26.0 Å². The molecule has 0 fully saturated rings. The van der Waals surface area contributed by atoms with Gasteiger partial charge in [0.15, 0.2) is 5.15 Å². The van der Waals surface area contributed by atoms with E-state index in [1.807, 2.05) is 0 Å². The highest BCUT2D eigenvalue weighted by molar-refractivity contribution is 6.31. The molecule has 2 rings (SSSR count). The van der Waals surface area contributed by atoms with Crippen LogP contribution in [0.15, 0.2) is 24.3 Å². The smallest absolute Gasteiger partial charge is 0.406 e. The van der Waals surface area contributed by atoms with Gasteiger partial charge in [-0.2, -0.15) is 0 Å². The van der Waals surface area contributed by atoms with Crippen molar-refractivity contribution in [3.05, 3.63) is 40.8 Å². The molecule has 0 bridgehead atoms. The molecule has 0 radical (unpaired) electrons. The lowest BCUT2D eigenvalue weighted by atomic mass is 10.1. The molecule has 0 aliphatic rings. The van der Waals surface area contributed by atoms with Crippen molar-refractivity contribution < 1.29 is 17.9 Å². The Morgan fingerprint density at radius 1 is 1.10 bits per heavy atom. The summed E-state index contributed by atoms with van der Waals surface area (Å²) in [5, 5.41) is 0.136. The first-order valence-electron chi connectivity index (χ1n) is 5.63. The maximum Gasteiger partial charge on any atom is 0.573 e. The van der Waals surface area contributed by atoms with Crippen molar-refractivity contribution in [1.29, 1.82) is 0 Å². The van der Waals surface area contributed by atoms with Crippen molar-refractivity contribution in [2.75, 3.05) is 0 Å². The molecule has 0 aliphatic carbocycles. The molecule has 0 spiro atoms. The van der Waals surface area contributed by atoms with Crippen LogP contribution < -0.4 is 4.74 Å². The molecular formula is C13H10ClF3N2O. The number of benzene rings is 1. The summed E-state index contributed by atoms with van der Waals surface area (Å²) in [5.74, 6) is -0.328. The Morgan fingerprint density at radius 3 is 2.40 bits per heavy atom. The second-order valence-corrected chi connectivity index (χ2v) is 4.47. The molecule has 7 heteroatoms. The maximum atomic E-state index is 12.2. The zero-order valence-corrected chi connectivity index (χ0v) is 11.4. The fraction of sp³-hybridized carbons (Fsp3) is 0.231. The molecule has 20 heavy (non-hydrogen) atoms. The zero-order valence-electron chi connectivity index (χ0n) is 10.6. The molecule has 0 saturated carbocycles. The summed E-state index contributed by atoms with van der Waals surface area (Å²) in [6, 6.07) is 5.45. The molecule has 1 heterocycles. The van der Waals surface area contributed by atoms with E-state index < -0.39 is 6.36 Å². The van der Waals surface area contributed by atoms with E-state index in [9.17, 15) is 13.2 Å². The fourth-order valence-corrected chi connectivity index (χ4v) is 1.88. The normalized spacial score (nSPS) is 11.5.